The fraction of sp³-hybridized carbons (Fsp3) is 0.867. The van der Waals surface area contributed by atoms with E-state index in [2.05, 4.69) is 43.3 Å². The third-order valence-electron chi connectivity index (χ3n) is 3.24. The molecule has 0 bridgehead atoms. The SMILES string of the molecule is CCCCCCCCNCc1cn(C(C)(C)C)nn1. The van der Waals surface area contributed by atoms with Crippen LogP contribution in [-0.4, -0.2) is 21.5 Å². The van der Waals surface area contributed by atoms with Crippen molar-refractivity contribution in [1.82, 2.24) is 20.3 Å². The van der Waals surface area contributed by atoms with Gasteiger partial charge in [-0.05, 0) is 33.7 Å². The van der Waals surface area contributed by atoms with Crippen molar-refractivity contribution in [1.29, 1.82) is 0 Å². The molecule has 0 fully saturated rings. The molecule has 1 heterocycles. The molecular weight excluding hydrogens is 236 g/mol. The first kappa shape index (κ1) is 16.2. The zero-order valence-corrected chi connectivity index (χ0v) is 13.1. The highest BCUT2D eigenvalue weighted by Gasteiger charge is 2.14. The lowest BCUT2D eigenvalue weighted by Gasteiger charge is -2.17. The molecule has 19 heavy (non-hydrogen) atoms. The molecule has 0 saturated carbocycles. The number of rotatable bonds is 9. The first-order chi connectivity index (χ1) is 9.04. The third-order valence-corrected chi connectivity index (χ3v) is 3.24. The lowest BCUT2D eigenvalue weighted by atomic mass is 10.1. The monoisotopic (exact) mass is 266 g/mol. The maximum atomic E-state index is 4.19. The maximum Gasteiger partial charge on any atom is 0.0965 e. The maximum absolute atomic E-state index is 4.19. The Balaban J connectivity index is 2.08. The van der Waals surface area contributed by atoms with Crippen molar-refractivity contribution < 1.29 is 0 Å². The van der Waals surface area contributed by atoms with Gasteiger partial charge in [-0.1, -0.05) is 44.2 Å². The van der Waals surface area contributed by atoms with Gasteiger partial charge in [0.15, 0.2) is 0 Å². The Morgan fingerprint density at radius 2 is 1.79 bits per heavy atom. The zero-order chi connectivity index (χ0) is 14.1. The van der Waals surface area contributed by atoms with Crippen LogP contribution < -0.4 is 5.32 Å². The molecule has 110 valence electrons. The van der Waals surface area contributed by atoms with Gasteiger partial charge in [-0.2, -0.15) is 0 Å². The van der Waals surface area contributed by atoms with Gasteiger partial charge in [0.05, 0.1) is 17.4 Å². The average molecular weight is 266 g/mol. The summed E-state index contributed by atoms with van der Waals surface area (Å²) >= 11 is 0. The van der Waals surface area contributed by atoms with Crippen LogP contribution in [0.25, 0.3) is 0 Å². The van der Waals surface area contributed by atoms with Crippen molar-refractivity contribution in [3.63, 3.8) is 0 Å². The topological polar surface area (TPSA) is 42.7 Å². The van der Waals surface area contributed by atoms with E-state index in [1.807, 2.05) is 10.9 Å². The van der Waals surface area contributed by atoms with Gasteiger partial charge in [-0.15, -0.1) is 5.10 Å². The van der Waals surface area contributed by atoms with Gasteiger partial charge < -0.3 is 5.32 Å². The first-order valence-electron chi connectivity index (χ1n) is 7.66. The van der Waals surface area contributed by atoms with Gasteiger partial charge in [-0.3, -0.25) is 0 Å². The summed E-state index contributed by atoms with van der Waals surface area (Å²) in [5.41, 5.74) is 1.05. The molecule has 0 saturated heterocycles. The summed E-state index contributed by atoms with van der Waals surface area (Å²) < 4.78 is 1.93. The number of unbranched alkanes of at least 4 members (excludes halogenated alkanes) is 5. The van der Waals surface area contributed by atoms with Crippen LogP contribution in [0.1, 0.15) is 71.9 Å². The predicted octanol–water partition coefficient (Wildman–Crippen LogP) is 3.48. The summed E-state index contributed by atoms with van der Waals surface area (Å²) in [6, 6.07) is 0. The third kappa shape index (κ3) is 6.71. The van der Waals surface area contributed by atoms with Crippen LogP contribution in [0.2, 0.25) is 0 Å². The molecule has 1 N–H and O–H groups in total. The quantitative estimate of drug-likeness (QED) is 0.696. The van der Waals surface area contributed by atoms with Crippen LogP contribution in [0, 0.1) is 0 Å². The molecule has 4 nitrogen and oxygen atoms in total. The second-order valence-electron chi connectivity index (χ2n) is 6.27. The van der Waals surface area contributed by atoms with E-state index in [-0.39, 0.29) is 5.54 Å². The standard InChI is InChI=1S/C15H30N4/c1-5-6-7-8-9-10-11-16-12-14-13-19(18-17-14)15(2,3)4/h13,16H,5-12H2,1-4H3. The van der Waals surface area contributed by atoms with E-state index in [1.54, 1.807) is 0 Å². The highest BCUT2D eigenvalue weighted by molar-refractivity contribution is 4.93. The number of nitrogens with zero attached hydrogens (tertiary/aromatic N) is 3. The highest BCUT2D eigenvalue weighted by Crippen LogP contribution is 2.11. The Bertz CT molecular complexity index is 338. The van der Waals surface area contributed by atoms with Gasteiger partial charge in [0.25, 0.3) is 0 Å². The lowest BCUT2D eigenvalue weighted by molar-refractivity contribution is 0.347. The summed E-state index contributed by atoms with van der Waals surface area (Å²) in [6.07, 6.45) is 10.1. The summed E-state index contributed by atoms with van der Waals surface area (Å²) in [5, 5.41) is 11.8. The van der Waals surface area contributed by atoms with Crippen LogP contribution in [0.5, 0.6) is 0 Å². The molecule has 1 aromatic rings. The van der Waals surface area contributed by atoms with E-state index >= 15 is 0 Å². The number of nitrogens with one attached hydrogen (secondary N) is 1. The van der Waals surface area contributed by atoms with Crippen LogP contribution in [0.4, 0.5) is 0 Å². The van der Waals surface area contributed by atoms with Crippen LogP contribution >= 0.6 is 0 Å². The first-order valence-corrected chi connectivity index (χ1v) is 7.66. The largest absolute Gasteiger partial charge is 0.311 e. The smallest absolute Gasteiger partial charge is 0.0965 e. The van der Waals surface area contributed by atoms with E-state index in [9.17, 15) is 0 Å². The summed E-state index contributed by atoms with van der Waals surface area (Å²) in [5.74, 6) is 0. The summed E-state index contributed by atoms with van der Waals surface area (Å²) in [6.45, 7) is 10.6. The number of hydrogen-bond acceptors (Lipinski definition) is 3. The van der Waals surface area contributed by atoms with E-state index in [0.29, 0.717) is 0 Å². The molecule has 0 amide bonds. The highest BCUT2D eigenvalue weighted by atomic mass is 15.4. The zero-order valence-electron chi connectivity index (χ0n) is 13.1. The second-order valence-corrected chi connectivity index (χ2v) is 6.27. The van der Waals surface area contributed by atoms with Gasteiger partial charge >= 0.3 is 0 Å². The Labute approximate surface area is 118 Å². The molecule has 0 aromatic carbocycles. The Morgan fingerprint density at radius 3 is 2.42 bits per heavy atom. The molecular formula is C15H30N4. The molecule has 1 aromatic heterocycles. The summed E-state index contributed by atoms with van der Waals surface area (Å²) in [4.78, 5) is 0. The molecule has 0 unspecified atom stereocenters. The molecule has 0 radical (unpaired) electrons. The average Bonchev–Trinajstić information content (AvgIpc) is 2.81. The minimum atomic E-state index is 0.0184. The van der Waals surface area contributed by atoms with Gasteiger partial charge in [0.2, 0.25) is 0 Å². The molecule has 0 atom stereocenters. The summed E-state index contributed by atoms with van der Waals surface area (Å²) in [7, 11) is 0. The minimum Gasteiger partial charge on any atom is -0.311 e. The van der Waals surface area contributed by atoms with Crippen molar-refractivity contribution >= 4 is 0 Å². The minimum absolute atomic E-state index is 0.0184. The van der Waals surface area contributed by atoms with Gasteiger partial charge in [-0.25, -0.2) is 4.68 Å². The second kappa shape index (κ2) is 8.31. The van der Waals surface area contributed by atoms with Crippen molar-refractivity contribution in [2.45, 2.75) is 78.3 Å². The fourth-order valence-electron chi connectivity index (χ4n) is 1.95. The van der Waals surface area contributed by atoms with E-state index in [4.69, 9.17) is 0 Å². The molecule has 1 rings (SSSR count). The van der Waals surface area contributed by atoms with Crippen molar-refractivity contribution in [3.8, 4) is 0 Å². The Morgan fingerprint density at radius 1 is 1.11 bits per heavy atom. The number of hydrogen-bond donors (Lipinski definition) is 1. The number of aromatic nitrogens is 3. The fourth-order valence-corrected chi connectivity index (χ4v) is 1.95. The Hall–Kier alpha value is -0.900. The van der Waals surface area contributed by atoms with E-state index in [1.165, 1.54) is 38.5 Å². The van der Waals surface area contributed by atoms with Gasteiger partial charge in [0.1, 0.15) is 0 Å². The van der Waals surface area contributed by atoms with Gasteiger partial charge in [0, 0.05) is 6.54 Å². The van der Waals surface area contributed by atoms with Crippen LogP contribution in [-0.2, 0) is 12.1 Å². The van der Waals surface area contributed by atoms with Crippen molar-refractivity contribution in [3.05, 3.63) is 11.9 Å². The molecule has 0 aliphatic rings. The van der Waals surface area contributed by atoms with Crippen LogP contribution in [0.3, 0.4) is 0 Å². The van der Waals surface area contributed by atoms with E-state index in [0.717, 1.165) is 18.8 Å². The van der Waals surface area contributed by atoms with Crippen molar-refractivity contribution in [2.75, 3.05) is 6.54 Å². The van der Waals surface area contributed by atoms with E-state index < -0.39 is 0 Å². The van der Waals surface area contributed by atoms with Crippen molar-refractivity contribution in [2.24, 2.45) is 0 Å². The Kier molecular flexibility index (Phi) is 7.06. The molecule has 0 aliphatic carbocycles. The predicted molar refractivity (Wildman–Crippen MR) is 80.1 cm³/mol. The molecule has 0 spiro atoms. The van der Waals surface area contributed by atoms with Crippen LogP contribution in [0.15, 0.2) is 6.20 Å². The molecule has 4 heteroatoms. The lowest BCUT2D eigenvalue weighted by Crippen LogP contribution is -2.22. The normalized spacial score (nSPS) is 12.0. The molecule has 0 aliphatic heterocycles.